The van der Waals surface area contributed by atoms with Gasteiger partial charge in [-0.25, -0.2) is 4.79 Å². The number of carboxylic acids is 1. The van der Waals surface area contributed by atoms with E-state index in [-0.39, 0.29) is 44.6 Å². The van der Waals surface area contributed by atoms with Gasteiger partial charge >= 0.3 is 29.0 Å². The number of esters is 1. The van der Waals surface area contributed by atoms with Gasteiger partial charge in [0.25, 0.3) is 5.97 Å². The quantitative estimate of drug-likeness (QED) is 0.292. The highest BCUT2D eigenvalue weighted by molar-refractivity contribution is 6.43. The van der Waals surface area contributed by atoms with Crippen LogP contribution in [0.4, 0.5) is 0 Å². The smallest absolute Gasteiger partial charge is 0.373 e. The molecule has 0 aliphatic rings. The van der Waals surface area contributed by atoms with E-state index in [1.54, 1.807) is 0 Å². The lowest BCUT2D eigenvalue weighted by molar-refractivity contribution is -0.138. The zero-order chi connectivity index (χ0) is 15.9. The Labute approximate surface area is 152 Å². The standard InChI is InChI=1S/C10H7Cl3O3.C2H4O2.Mg.2H/c1-5(10(14)15-2)16-9-4-7(12)6(11)3-8(9)13;1-2(3)4;;;/h3-4H,1H2,2H3;1H3,(H,3,4);;;. The van der Waals surface area contributed by atoms with Crippen LogP contribution in [0.2, 0.25) is 15.1 Å². The van der Waals surface area contributed by atoms with Crippen LogP contribution in [0.3, 0.4) is 0 Å². The monoisotopic (exact) mass is 366 g/mol. The Morgan fingerprint density at radius 3 is 2.00 bits per heavy atom. The van der Waals surface area contributed by atoms with E-state index in [0.717, 1.165) is 6.92 Å². The zero-order valence-corrected chi connectivity index (χ0v) is 12.8. The Bertz CT molecular complexity index is 530. The van der Waals surface area contributed by atoms with Crippen molar-refractivity contribution < 1.29 is 24.2 Å². The van der Waals surface area contributed by atoms with Crippen LogP contribution in [0.25, 0.3) is 0 Å². The number of benzene rings is 1. The maximum absolute atomic E-state index is 11.0. The van der Waals surface area contributed by atoms with E-state index < -0.39 is 11.9 Å². The Kier molecular flexibility index (Phi) is 11.8. The average molecular weight is 368 g/mol. The highest BCUT2D eigenvalue weighted by Crippen LogP contribution is 2.34. The molecule has 0 amide bonds. The van der Waals surface area contributed by atoms with Crippen LogP contribution in [-0.4, -0.2) is 47.2 Å². The molecule has 0 saturated heterocycles. The molecule has 0 aromatic heterocycles. The van der Waals surface area contributed by atoms with Gasteiger partial charge in [-0.15, -0.1) is 0 Å². The van der Waals surface area contributed by atoms with Crippen molar-refractivity contribution in [1.82, 2.24) is 0 Å². The molecule has 1 aromatic carbocycles. The number of carbonyl (C=O) groups excluding carboxylic acids is 1. The number of hydrogen-bond donors (Lipinski definition) is 1. The fraction of sp³-hybridized carbons (Fsp3) is 0.167. The third kappa shape index (κ3) is 9.05. The third-order valence-corrected chi connectivity index (χ3v) is 2.64. The Hall–Kier alpha value is -0.664. The van der Waals surface area contributed by atoms with Gasteiger partial charge < -0.3 is 14.6 Å². The van der Waals surface area contributed by atoms with Gasteiger partial charge in [-0.05, 0) is 12.6 Å². The molecule has 0 atom stereocenters. The van der Waals surface area contributed by atoms with Crippen LogP contribution in [0.15, 0.2) is 24.5 Å². The molecule has 21 heavy (non-hydrogen) atoms. The normalized spacial score (nSPS) is 8.62. The van der Waals surface area contributed by atoms with Crippen molar-refractivity contribution in [3.8, 4) is 5.75 Å². The first kappa shape index (κ1) is 22.6. The first-order valence-corrected chi connectivity index (χ1v) is 6.11. The molecule has 0 radical (unpaired) electrons. The first-order chi connectivity index (χ1) is 9.18. The highest BCUT2D eigenvalue weighted by Gasteiger charge is 2.13. The summed E-state index contributed by atoms with van der Waals surface area (Å²) < 4.78 is 9.50. The molecule has 0 spiro atoms. The predicted molar refractivity (Wildman–Crippen MR) is 85.1 cm³/mol. The molecule has 9 heteroatoms. The Morgan fingerprint density at radius 2 is 1.57 bits per heavy atom. The molecule has 0 fully saturated rings. The van der Waals surface area contributed by atoms with Crippen molar-refractivity contribution in [3.63, 3.8) is 0 Å². The van der Waals surface area contributed by atoms with Crippen LogP contribution < -0.4 is 4.74 Å². The Morgan fingerprint density at radius 1 is 1.14 bits per heavy atom. The molecule has 0 bridgehead atoms. The van der Waals surface area contributed by atoms with E-state index >= 15 is 0 Å². The van der Waals surface area contributed by atoms with E-state index in [2.05, 4.69) is 11.3 Å². The molecule has 0 heterocycles. The number of halogens is 3. The lowest BCUT2D eigenvalue weighted by Gasteiger charge is -2.09. The van der Waals surface area contributed by atoms with E-state index in [1.165, 1.54) is 19.2 Å². The number of carboxylic acid groups (broad SMARTS) is 1. The second-order valence-corrected chi connectivity index (χ2v) is 4.45. The van der Waals surface area contributed by atoms with Crippen molar-refractivity contribution in [1.29, 1.82) is 0 Å². The summed E-state index contributed by atoms with van der Waals surface area (Å²) in [5, 5.41) is 8.20. The molecular formula is C12H13Cl3MgO5. The van der Waals surface area contributed by atoms with Crippen LogP contribution >= 0.6 is 34.8 Å². The van der Waals surface area contributed by atoms with E-state index in [9.17, 15) is 4.79 Å². The number of rotatable bonds is 3. The lowest BCUT2D eigenvalue weighted by atomic mass is 10.3. The topological polar surface area (TPSA) is 72.8 Å². The van der Waals surface area contributed by atoms with E-state index in [4.69, 9.17) is 49.4 Å². The number of hydrogen-bond acceptors (Lipinski definition) is 4. The summed E-state index contributed by atoms with van der Waals surface area (Å²) in [7, 11) is 1.22. The minimum Gasteiger partial charge on any atom is -0.481 e. The molecule has 0 aliphatic heterocycles. The van der Waals surface area contributed by atoms with Crippen LogP contribution in [0.1, 0.15) is 6.92 Å². The fourth-order valence-corrected chi connectivity index (χ4v) is 1.45. The first-order valence-electron chi connectivity index (χ1n) is 4.98. The van der Waals surface area contributed by atoms with E-state index in [0.29, 0.717) is 5.02 Å². The Balaban J connectivity index is 0. The minimum absolute atomic E-state index is 0. The van der Waals surface area contributed by atoms with Gasteiger partial charge in [0.05, 0.1) is 22.2 Å². The molecule has 1 N–H and O–H groups in total. The lowest BCUT2D eigenvalue weighted by Crippen LogP contribution is -2.09. The van der Waals surface area contributed by atoms with Gasteiger partial charge in [0.15, 0.2) is 0 Å². The predicted octanol–water partition coefficient (Wildman–Crippen LogP) is 2.89. The van der Waals surface area contributed by atoms with Gasteiger partial charge in [-0.2, -0.15) is 0 Å². The summed E-state index contributed by atoms with van der Waals surface area (Å²) in [6.45, 7) is 4.47. The van der Waals surface area contributed by atoms with Gasteiger partial charge in [0, 0.05) is 13.0 Å². The molecule has 1 rings (SSSR count). The fourth-order valence-electron chi connectivity index (χ4n) is 0.871. The maximum Gasteiger partial charge on any atom is 0.373 e. The van der Waals surface area contributed by atoms with Crippen LogP contribution in [-0.2, 0) is 14.3 Å². The van der Waals surface area contributed by atoms with Crippen molar-refractivity contribution in [2.75, 3.05) is 7.11 Å². The van der Waals surface area contributed by atoms with Crippen molar-refractivity contribution in [2.45, 2.75) is 6.92 Å². The third-order valence-electron chi connectivity index (χ3n) is 1.62. The molecule has 1 aromatic rings. The summed E-state index contributed by atoms with van der Waals surface area (Å²) in [5.74, 6) is -1.53. The summed E-state index contributed by atoms with van der Waals surface area (Å²) in [6.07, 6.45) is 0. The summed E-state index contributed by atoms with van der Waals surface area (Å²) in [4.78, 5) is 20.0. The van der Waals surface area contributed by atoms with Gasteiger partial charge in [0.1, 0.15) is 5.75 Å². The van der Waals surface area contributed by atoms with Crippen LogP contribution in [0, 0.1) is 0 Å². The van der Waals surface area contributed by atoms with Crippen molar-refractivity contribution >= 4 is 69.8 Å². The summed E-state index contributed by atoms with van der Waals surface area (Å²) in [5.41, 5.74) is 0. The number of carbonyl (C=O) groups is 2. The number of aliphatic carboxylic acids is 1. The number of ether oxygens (including phenoxy) is 2. The SMILES string of the molecule is C=C(Oc1cc(Cl)c(Cl)cc1Cl)C(=O)OC.CC(=O)O.[MgH2]. The molecule has 114 valence electrons. The second kappa shape index (κ2) is 11.0. The van der Waals surface area contributed by atoms with Gasteiger partial charge in [-0.3, -0.25) is 4.79 Å². The largest absolute Gasteiger partial charge is 0.481 e. The molecule has 5 nitrogen and oxygen atoms in total. The number of methoxy groups -OCH3 is 1. The molecule has 0 aliphatic carbocycles. The second-order valence-electron chi connectivity index (χ2n) is 3.23. The van der Waals surface area contributed by atoms with E-state index in [1.807, 2.05) is 0 Å². The molecular weight excluding hydrogens is 355 g/mol. The molecule has 0 unspecified atom stereocenters. The minimum atomic E-state index is -0.833. The van der Waals surface area contributed by atoms with Gasteiger partial charge in [0.2, 0.25) is 5.76 Å². The zero-order valence-electron chi connectivity index (χ0n) is 10.6. The van der Waals surface area contributed by atoms with Crippen LogP contribution in [0.5, 0.6) is 5.75 Å². The average Bonchev–Trinajstić information content (AvgIpc) is 2.34. The molecule has 0 saturated carbocycles. The van der Waals surface area contributed by atoms with Gasteiger partial charge in [-0.1, -0.05) is 34.8 Å². The van der Waals surface area contributed by atoms with Crippen molar-refractivity contribution in [2.24, 2.45) is 0 Å². The maximum atomic E-state index is 11.0. The summed E-state index contributed by atoms with van der Waals surface area (Å²) >= 11 is 17.3. The highest BCUT2D eigenvalue weighted by atomic mass is 35.5. The van der Waals surface area contributed by atoms with Crippen molar-refractivity contribution in [3.05, 3.63) is 39.5 Å². The summed E-state index contributed by atoms with van der Waals surface area (Å²) in [6, 6.07) is 2.80.